The van der Waals surface area contributed by atoms with Gasteiger partial charge in [0.05, 0.1) is 5.69 Å². The third-order valence-corrected chi connectivity index (χ3v) is 4.96. The number of carbonyl (C=O) groups is 1. The first-order chi connectivity index (χ1) is 11.8. The summed E-state index contributed by atoms with van der Waals surface area (Å²) < 4.78 is 1.90. The molecule has 1 aromatic rings. The largest absolute Gasteiger partial charge is 0.335 e. The average molecular weight is 348 g/mol. The minimum atomic E-state index is -0.0648. The van der Waals surface area contributed by atoms with E-state index in [1.807, 2.05) is 25.6 Å². The van der Waals surface area contributed by atoms with Crippen LogP contribution in [0.1, 0.15) is 43.6 Å². The van der Waals surface area contributed by atoms with Crippen LogP contribution in [0.4, 0.5) is 4.79 Å². The van der Waals surface area contributed by atoms with Crippen LogP contribution in [0.15, 0.2) is 12.2 Å². The molecule has 6 heteroatoms. The summed E-state index contributed by atoms with van der Waals surface area (Å²) in [5.41, 5.74) is 4.62. The molecule has 25 heavy (non-hydrogen) atoms. The lowest BCUT2D eigenvalue weighted by molar-refractivity contribution is 0.200. The molecule has 2 rings (SSSR count). The third-order valence-electron chi connectivity index (χ3n) is 4.96. The standard InChI is InChI=1S/C19H33N5O/c1-13(2)12-24-9-7-17(8-10-24)21-19(25)20-14(3)11-18-15(4)22-23(6)16(18)5/h14,17H,1,7-12H2,2-6H3,(H2,20,21,25)/t14-/m0/s1. The van der Waals surface area contributed by atoms with Gasteiger partial charge in [-0.1, -0.05) is 12.2 Å². The van der Waals surface area contributed by atoms with Crippen LogP contribution in [0.3, 0.4) is 0 Å². The van der Waals surface area contributed by atoms with Crippen molar-refractivity contribution >= 4 is 6.03 Å². The van der Waals surface area contributed by atoms with Gasteiger partial charge in [0.25, 0.3) is 0 Å². The van der Waals surface area contributed by atoms with Gasteiger partial charge in [-0.2, -0.15) is 5.10 Å². The maximum absolute atomic E-state index is 12.3. The number of urea groups is 1. The second-order valence-electron chi connectivity index (χ2n) is 7.50. The van der Waals surface area contributed by atoms with Crippen LogP contribution >= 0.6 is 0 Å². The van der Waals surface area contributed by atoms with E-state index in [1.54, 1.807) is 0 Å². The van der Waals surface area contributed by atoms with E-state index in [9.17, 15) is 4.79 Å². The van der Waals surface area contributed by atoms with Crippen LogP contribution in [0.2, 0.25) is 0 Å². The van der Waals surface area contributed by atoms with Crippen LogP contribution in [-0.4, -0.2) is 52.4 Å². The van der Waals surface area contributed by atoms with Crippen molar-refractivity contribution in [2.75, 3.05) is 19.6 Å². The van der Waals surface area contributed by atoms with Gasteiger partial charge in [-0.05, 0) is 52.5 Å². The van der Waals surface area contributed by atoms with Gasteiger partial charge in [0.15, 0.2) is 0 Å². The lowest BCUT2D eigenvalue weighted by Gasteiger charge is -2.32. The normalized spacial score (nSPS) is 17.3. The summed E-state index contributed by atoms with van der Waals surface area (Å²) in [6.07, 6.45) is 2.79. The molecule has 0 aliphatic carbocycles. The zero-order chi connectivity index (χ0) is 18.6. The van der Waals surface area contributed by atoms with Crippen molar-refractivity contribution in [1.29, 1.82) is 0 Å². The van der Waals surface area contributed by atoms with Crippen LogP contribution in [0.5, 0.6) is 0 Å². The molecule has 0 aromatic carbocycles. The average Bonchev–Trinajstić information content (AvgIpc) is 2.75. The molecule has 1 saturated heterocycles. The minimum Gasteiger partial charge on any atom is -0.335 e. The predicted molar refractivity (Wildman–Crippen MR) is 102 cm³/mol. The second kappa shape index (κ2) is 8.52. The Balaban J connectivity index is 1.76. The molecule has 140 valence electrons. The van der Waals surface area contributed by atoms with E-state index >= 15 is 0 Å². The number of hydrogen-bond acceptors (Lipinski definition) is 3. The van der Waals surface area contributed by atoms with E-state index < -0.39 is 0 Å². The van der Waals surface area contributed by atoms with E-state index in [1.165, 1.54) is 11.1 Å². The first-order valence-corrected chi connectivity index (χ1v) is 9.19. The smallest absolute Gasteiger partial charge is 0.315 e. The summed E-state index contributed by atoms with van der Waals surface area (Å²) in [5.74, 6) is 0. The summed E-state index contributed by atoms with van der Waals surface area (Å²) in [6.45, 7) is 15.2. The van der Waals surface area contributed by atoms with Crippen LogP contribution in [0.25, 0.3) is 0 Å². The van der Waals surface area contributed by atoms with Crippen molar-refractivity contribution in [3.8, 4) is 0 Å². The number of hydrogen-bond donors (Lipinski definition) is 2. The Morgan fingerprint density at radius 2 is 2.00 bits per heavy atom. The highest BCUT2D eigenvalue weighted by atomic mass is 16.2. The number of rotatable bonds is 6. The van der Waals surface area contributed by atoms with E-state index in [2.05, 4.69) is 41.1 Å². The number of amides is 2. The Morgan fingerprint density at radius 1 is 1.36 bits per heavy atom. The number of nitrogens with zero attached hydrogens (tertiary/aromatic N) is 3. The highest BCUT2D eigenvalue weighted by Gasteiger charge is 2.21. The number of piperidine rings is 1. The SMILES string of the molecule is C=C(C)CN1CCC(NC(=O)N[C@@H](C)Cc2c(C)nn(C)c2C)CC1. The fraction of sp³-hybridized carbons (Fsp3) is 0.684. The molecule has 0 saturated carbocycles. The Labute approximate surface area is 151 Å². The first kappa shape index (κ1) is 19.5. The Bertz CT molecular complexity index is 614. The summed E-state index contributed by atoms with van der Waals surface area (Å²) in [6, 6.07) is 0.269. The Kier molecular flexibility index (Phi) is 6.64. The lowest BCUT2D eigenvalue weighted by Crippen LogP contribution is -2.50. The van der Waals surface area contributed by atoms with Crippen molar-refractivity contribution in [2.45, 2.75) is 59.0 Å². The summed E-state index contributed by atoms with van der Waals surface area (Å²) in [5, 5.41) is 10.6. The molecule has 2 heterocycles. The van der Waals surface area contributed by atoms with Gasteiger partial charge in [-0.15, -0.1) is 0 Å². The molecular weight excluding hydrogens is 314 g/mol. The molecule has 2 amide bonds. The molecule has 1 fully saturated rings. The van der Waals surface area contributed by atoms with Gasteiger partial charge in [-0.3, -0.25) is 9.58 Å². The van der Waals surface area contributed by atoms with E-state index in [4.69, 9.17) is 0 Å². The van der Waals surface area contributed by atoms with Gasteiger partial charge in [0.1, 0.15) is 0 Å². The summed E-state index contributed by atoms with van der Waals surface area (Å²) in [4.78, 5) is 14.7. The quantitative estimate of drug-likeness (QED) is 0.776. The second-order valence-corrected chi connectivity index (χ2v) is 7.50. The molecule has 2 N–H and O–H groups in total. The molecule has 1 atom stereocenters. The zero-order valence-electron chi connectivity index (χ0n) is 16.4. The maximum Gasteiger partial charge on any atom is 0.315 e. The van der Waals surface area contributed by atoms with Gasteiger partial charge in [0.2, 0.25) is 0 Å². The molecule has 1 aromatic heterocycles. The van der Waals surface area contributed by atoms with Crippen molar-refractivity contribution in [3.05, 3.63) is 29.1 Å². The maximum atomic E-state index is 12.3. The van der Waals surface area contributed by atoms with Gasteiger partial charge < -0.3 is 10.6 Å². The summed E-state index contributed by atoms with van der Waals surface area (Å²) >= 11 is 0. The monoisotopic (exact) mass is 347 g/mol. The Morgan fingerprint density at radius 3 is 2.52 bits per heavy atom. The number of aryl methyl sites for hydroxylation is 2. The molecular formula is C19H33N5O. The zero-order valence-corrected chi connectivity index (χ0v) is 16.4. The number of nitrogens with one attached hydrogen (secondary N) is 2. The minimum absolute atomic E-state index is 0.0648. The number of aromatic nitrogens is 2. The molecule has 0 unspecified atom stereocenters. The molecule has 0 radical (unpaired) electrons. The predicted octanol–water partition coefficient (Wildman–Crippen LogP) is 2.31. The molecule has 0 spiro atoms. The van der Waals surface area contributed by atoms with Gasteiger partial charge >= 0.3 is 6.03 Å². The van der Waals surface area contributed by atoms with Crippen LogP contribution in [0, 0.1) is 13.8 Å². The molecule has 0 bridgehead atoms. The van der Waals surface area contributed by atoms with E-state index in [0.29, 0.717) is 0 Å². The van der Waals surface area contributed by atoms with Crippen LogP contribution in [-0.2, 0) is 13.5 Å². The van der Waals surface area contributed by atoms with E-state index in [0.717, 1.165) is 50.3 Å². The lowest BCUT2D eigenvalue weighted by atomic mass is 10.0. The van der Waals surface area contributed by atoms with Crippen molar-refractivity contribution in [3.63, 3.8) is 0 Å². The first-order valence-electron chi connectivity index (χ1n) is 9.19. The molecule has 6 nitrogen and oxygen atoms in total. The van der Waals surface area contributed by atoms with Gasteiger partial charge in [0, 0.05) is 44.5 Å². The van der Waals surface area contributed by atoms with Crippen molar-refractivity contribution in [1.82, 2.24) is 25.3 Å². The highest BCUT2D eigenvalue weighted by molar-refractivity contribution is 5.74. The van der Waals surface area contributed by atoms with Gasteiger partial charge in [-0.25, -0.2) is 4.79 Å². The fourth-order valence-corrected chi connectivity index (χ4v) is 3.54. The number of likely N-dealkylation sites (tertiary alicyclic amines) is 1. The molecule has 1 aliphatic heterocycles. The topological polar surface area (TPSA) is 62.2 Å². The fourth-order valence-electron chi connectivity index (χ4n) is 3.54. The van der Waals surface area contributed by atoms with Crippen molar-refractivity contribution < 1.29 is 4.79 Å². The molecule has 1 aliphatic rings. The highest BCUT2D eigenvalue weighted by Crippen LogP contribution is 2.14. The summed E-state index contributed by atoms with van der Waals surface area (Å²) in [7, 11) is 1.96. The van der Waals surface area contributed by atoms with Crippen molar-refractivity contribution in [2.24, 2.45) is 7.05 Å². The van der Waals surface area contributed by atoms with E-state index in [-0.39, 0.29) is 18.1 Å². The van der Waals surface area contributed by atoms with Crippen LogP contribution < -0.4 is 10.6 Å². The number of carbonyl (C=O) groups excluding carboxylic acids is 1. The Hall–Kier alpha value is -1.82. The third kappa shape index (κ3) is 5.59.